The van der Waals surface area contributed by atoms with Crippen molar-refractivity contribution in [2.75, 3.05) is 13.2 Å². The fourth-order valence-corrected chi connectivity index (χ4v) is 1.35. The second kappa shape index (κ2) is 4.73. The van der Waals surface area contributed by atoms with E-state index in [4.69, 9.17) is 14.2 Å². The number of rotatable bonds is 4. The standard InChI is InChI=1S/C11H18O3/c1-5-7-12-10-8-13-11(3,4)14-9(10)6-2/h5-6,9-10H,1-2,7-8H2,3-4H3/t9-,10-/m1/s1. The second-order valence-corrected chi connectivity index (χ2v) is 3.69. The quantitative estimate of drug-likeness (QED) is 0.646. The van der Waals surface area contributed by atoms with Crippen LogP contribution in [0.1, 0.15) is 13.8 Å². The van der Waals surface area contributed by atoms with Crippen molar-refractivity contribution in [1.82, 2.24) is 0 Å². The van der Waals surface area contributed by atoms with Crippen LogP contribution in [0.5, 0.6) is 0 Å². The van der Waals surface area contributed by atoms with Crippen molar-refractivity contribution in [2.24, 2.45) is 0 Å². The molecule has 3 nitrogen and oxygen atoms in total. The van der Waals surface area contributed by atoms with Crippen LogP contribution in [-0.4, -0.2) is 31.2 Å². The summed E-state index contributed by atoms with van der Waals surface area (Å²) >= 11 is 0. The molecule has 0 aromatic rings. The van der Waals surface area contributed by atoms with E-state index in [1.54, 1.807) is 12.2 Å². The Kier molecular flexibility index (Phi) is 3.86. The van der Waals surface area contributed by atoms with Gasteiger partial charge < -0.3 is 14.2 Å². The maximum atomic E-state index is 5.63. The molecule has 0 bridgehead atoms. The molecule has 0 amide bonds. The van der Waals surface area contributed by atoms with Crippen molar-refractivity contribution in [3.63, 3.8) is 0 Å². The molecule has 1 saturated heterocycles. The molecule has 0 radical (unpaired) electrons. The van der Waals surface area contributed by atoms with Gasteiger partial charge in [0.2, 0.25) is 0 Å². The highest BCUT2D eigenvalue weighted by Crippen LogP contribution is 2.24. The Labute approximate surface area is 85.3 Å². The number of hydrogen-bond donors (Lipinski definition) is 0. The van der Waals surface area contributed by atoms with Crippen molar-refractivity contribution in [2.45, 2.75) is 31.8 Å². The summed E-state index contributed by atoms with van der Waals surface area (Å²) in [6, 6.07) is 0. The van der Waals surface area contributed by atoms with Gasteiger partial charge in [-0.15, -0.1) is 13.2 Å². The van der Waals surface area contributed by atoms with Gasteiger partial charge in [-0.05, 0) is 13.8 Å². The fourth-order valence-electron chi connectivity index (χ4n) is 1.35. The highest BCUT2D eigenvalue weighted by atomic mass is 16.7. The van der Waals surface area contributed by atoms with E-state index in [1.165, 1.54) is 0 Å². The summed E-state index contributed by atoms with van der Waals surface area (Å²) in [6.07, 6.45) is 3.26. The van der Waals surface area contributed by atoms with Gasteiger partial charge in [-0.2, -0.15) is 0 Å². The molecule has 1 rings (SSSR count). The SMILES string of the molecule is C=CCO[C@@H]1COC(C)(C)O[C@@H]1C=C. The minimum atomic E-state index is -0.549. The summed E-state index contributed by atoms with van der Waals surface area (Å²) in [5, 5.41) is 0. The molecule has 0 aromatic carbocycles. The number of hydrogen-bond acceptors (Lipinski definition) is 3. The predicted octanol–water partition coefficient (Wildman–Crippen LogP) is 1.90. The van der Waals surface area contributed by atoms with Gasteiger partial charge in [0.1, 0.15) is 12.2 Å². The maximum absolute atomic E-state index is 5.63. The van der Waals surface area contributed by atoms with Crippen LogP contribution in [0, 0.1) is 0 Å². The molecule has 3 heteroatoms. The van der Waals surface area contributed by atoms with Gasteiger partial charge in [0, 0.05) is 0 Å². The summed E-state index contributed by atoms with van der Waals surface area (Å²) < 4.78 is 16.6. The van der Waals surface area contributed by atoms with Crippen molar-refractivity contribution < 1.29 is 14.2 Å². The van der Waals surface area contributed by atoms with Crippen LogP contribution < -0.4 is 0 Å². The third-order valence-electron chi connectivity index (χ3n) is 2.04. The molecule has 0 aliphatic carbocycles. The minimum Gasteiger partial charge on any atom is -0.369 e. The molecular weight excluding hydrogens is 180 g/mol. The first-order chi connectivity index (χ1) is 6.59. The highest BCUT2D eigenvalue weighted by molar-refractivity contribution is 4.91. The van der Waals surface area contributed by atoms with Gasteiger partial charge in [0.25, 0.3) is 0 Å². The van der Waals surface area contributed by atoms with Crippen LogP contribution in [-0.2, 0) is 14.2 Å². The Morgan fingerprint density at radius 2 is 2.21 bits per heavy atom. The highest BCUT2D eigenvalue weighted by Gasteiger charge is 2.35. The zero-order valence-corrected chi connectivity index (χ0v) is 8.86. The normalized spacial score (nSPS) is 31.0. The monoisotopic (exact) mass is 198 g/mol. The lowest BCUT2D eigenvalue weighted by molar-refractivity contribution is -0.298. The summed E-state index contributed by atoms with van der Waals surface area (Å²) in [4.78, 5) is 0. The molecule has 1 aliphatic heterocycles. The molecular formula is C11H18O3. The summed E-state index contributed by atoms with van der Waals surface area (Å²) in [7, 11) is 0. The molecule has 0 saturated carbocycles. The molecule has 1 fully saturated rings. The summed E-state index contributed by atoms with van der Waals surface area (Å²) in [6.45, 7) is 12.1. The molecule has 0 aromatic heterocycles. The fraction of sp³-hybridized carbons (Fsp3) is 0.636. The van der Waals surface area contributed by atoms with Crippen molar-refractivity contribution >= 4 is 0 Å². The van der Waals surface area contributed by atoms with Crippen LogP contribution in [0.25, 0.3) is 0 Å². The van der Waals surface area contributed by atoms with Gasteiger partial charge in [-0.3, -0.25) is 0 Å². The topological polar surface area (TPSA) is 27.7 Å². The van der Waals surface area contributed by atoms with E-state index in [9.17, 15) is 0 Å². The zero-order chi connectivity index (χ0) is 10.6. The van der Waals surface area contributed by atoms with Gasteiger partial charge in [0.15, 0.2) is 5.79 Å². The predicted molar refractivity (Wildman–Crippen MR) is 55.0 cm³/mol. The Bertz CT molecular complexity index is 211. The van der Waals surface area contributed by atoms with E-state index >= 15 is 0 Å². The average molecular weight is 198 g/mol. The molecule has 0 N–H and O–H groups in total. The Morgan fingerprint density at radius 3 is 2.79 bits per heavy atom. The molecule has 0 unspecified atom stereocenters. The smallest absolute Gasteiger partial charge is 0.163 e. The lowest BCUT2D eigenvalue weighted by Crippen LogP contribution is -2.48. The molecule has 1 aliphatic rings. The molecule has 2 atom stereocenters. The van der Waals surface area contributed by atoms with E-state index in [0.29, 0.717) is 13.2 Å². The number of ether oxygens (including phenoxy) is 3. The van der Waals surface area contributed by atoms with Crippen molar-refractivity contribution in [1.29, 1.82) is 0 Å². The van der Waals surface area contributed by atoms with Gasteiger partial charge in [0.05, 0.1) is 13.2 Å². The van der Waals surface area contributed by atoms with Crippen LogP contribution in [0.3, 0.4) is 0 Å². The lowest BCUT2D eigenvalue weighted by Gasteiger charge is -2.39. The largest absolute Gasteiger partial charge is 0.369 e. The average Bonchev–Trinajstić information content (AvgIpc) is 2.15. The maximum Gasteiger partial charge on any atom is 0.163 e. The third-order valence-corrected chi connectivity index (χ3v) is 2.04. The van der Waals surface area contributed by atoms with E-state index in [-0.39, 0.29) is 12.2 Å². The first kappa shape index (κ1) is 11.4. The van der Waals surface area contributed by atoms with Gasteiger partial charge in [-0.1, -0.05) is 12.2 Å². The molecule has 14 heavy (non-hydrogen) atoms. The minimum absolute atomic E-state index is 0.0847. The van der Waals surface area contributed by atoms with Crippen LogP contribution >= 0.6 is 0 Å². The van der Waals surface area contributed by atoms with Crippen molar-refractivity contribution in [3.8, 4) is 0 Å². The van der Waals surface area contributed by atoms with Crippen LogP contribution in [0.15, 0.2) is 25.3 Å². The van der Waals surface area contributed by atoms with E-state index in [0.717, 1.165) is 0 Å². The zero-order valence-electron chi connectivity index (χ0n) is 8.86. The van der Waals surface area contributed by atoms with Gasteiger partial charge >= 0.3 is 0 Å². The molecule has 1 heterocycles. The van der Waals surface area contributed by atoms with Crippen molar-refractivity contribution in [3.05, 3.63) is 25.3 Å². The Balaban J connectivity index is 2.52. The second-order valence-electron chi connectivity index (χ2n) is 3.69. The molecule has 0 spiro atoms. The van der Waals surface area contributed by atoms with E-state index in [1.807, 2.05) is 13.8 Å². The first-order valence-electron chi connectivity index (χ1n) is 4.76. The Hall–Kier alpha value is -0.640. The molecule has 80 valence electrons. The Morgan fingerprint density at radius 1 is 1.50 bits per heavy atom. The van der Waals surface area contributed by atoms with E-state index < -0.39 is 5.79 Å². The summed E-state index contributed by atoms with van der Waals surface area (Å²) in [5.74, 6) is -0.549. The third kappa shape index (κ3) is 2.94. The van der Waals surface area contributed by atoms with E-state index in [2.05, 4.69) is 13.2 Å². The van der Waals surface area contributed by atoms with Crippen LogP contribution in [0.4, 0.5) is 0 Å². The van der Waals surface area contributed by atoms with Crippen LogP contribution in [0.2, 0.25) is 0 Å². The van der Waals surface area contributed by atoms with Gasteiger partial charge in [-0.25, -0.2) is 0 Å². The summed E-state index contributed by atoms with van der Waals surface area (Å²) in [5.41, 5.74) is 0. The first-order valence-corrected chi connectivity index (χ1v) is 4.76. The lowest BCUT2D eigenvalue weighted by atomic mass is 10.1.